The van der Waals surface area contributed by atoms with E-state index in [4.69, 9.17) is 21.1 Å². The molecular formula is C16H13ClN2O2. The lowest BCUT2D eigenvalue weighted by Gasteiger charge is -2.09. The van der Waals surface area contributed by atoms with Crippen molar-refractivity contribution in [3.63, 3.8) is 0 Å². The van der Waals surface area contributed by atoms with Crippen LogP contribution in [0.1, 0.15) is 0 Å². The topological polar surface area (TPSA) is 44.2 Å². The number of ether oxygens (including phenoxy) is 2. The zero-order valence-electron chi connectivity index (χ0n) is 11.6. The smallest absolute Gasteiger partial charge is 0.161 e. The summed E-state index contributed by atoms with van der Waals surface area (Å²) >= 11 is 6.24. The Morgan fingerprint density at radius 1 is 0.905 bits per heavy atom. The molecule has 3 aromatic rings. The normalized spacial score (nSPS) is 10.6. The Labute approximate surface area is 127 Å². The highest BCUT2D eigenvalue weighted by atomic mass is 35.5. The van der Waals surface area contributed by atoms with Crippen LogP contribution in [0.15, 0.2) is 42.5 Å². The zero-order chi connectivity index (χ0) is 14.8. The summed E-state index contributed by atoms with van der Waals surface area (Å²) in [4.78, 5) is 8.91. The second kappa shape index (κ2) is 5.58. The summed E-state index contributed by atoms with van der Waals surface area (Å²) in [5, 5.41) is 1.27. The van der Waals surface area contributed by atoms with Gasteiger partial charge in [-0.2, -0.15) is 0 Å². The molecule has 0 aliphatic rings. The van der Waals surface area contributed by atoms with Crippen LogP contribution in [0.4, 0.5) is 0 Å². The molecule has 0 aliphatic heterocycles. The van der Waals surface area contributed by atoms with E-state index in [0.29, 0.717) is 22.5 Å². The third-order valence-corrected chi connectivity index (χ3v) is 3.49. The number of benzene rings is 2. The van der Waals surface area contributed by atoms with Gasteiger partial charge in [0.15, 0.2) is 17.3 Å². The van der Waals surface area contributed by atoms with Gasteiger partial charge >= 0.3 is 0 Å². The summed E-state index contributed by atoms with van der Waals surface area (Å²) in [6, 6.07) is 13.2. The number of fused-ring (bicyclic) bond motifs is 1. The molecular weight excluding hydrogens is 288 g/mol. The van der Waals surface area contributed by atoms with Crippen LogP contribution < -0.4 is 9.47 Å². The number of hydrogen-bond acceptors (Lipinski definition) is 4. The van der Waals surface area contributed by atoms with E-state index in [-0.39, 0.29) is 0 Å². The predicted molar refractivity (Wildman–Crippen MR) is 83.1 cm³/mol. The molecule has 0 saturated carbocycles. The van der Waals surface area contributed by atoms with E-state index in [2.05, 4.69) is 9.97 Å². The van der Waals surface area contributed by atoms with Gasteiger partial charge in [-0.3, -0.25) is 0 Å². The molecule has 0 radical (unpaired) electrons. The first-order valence-electron chi connectivity index (χ1n) is 6.37. The fraction of sp³-hybridized carbons (Fsp3) is 0.125. The predicted octanol–water partition coefficient (Wildman–Crippen LogP) is 3.97. The van der Waals surface area contributed by atoms with E-state index in [0.717, 1.165) is 16.5 Å². The van der Waals surface area contributed by atoms with Crippen LogP contribution in [0.5, 0.6) is 11.5 Å². The monoisotopic (exact) mass is 300 g/mol. The summed E-state index contributed by atoms with van der Waals surface area (Å²) < 4.78 is 10.5. The van der Waals surface area contributed by atoms with Gasteiger partial charge in [0.25, 0.3) is 0 Å². The van der Waals surface area contributed by atoms with Gasteiger partial charge in [0.2, 0.25) is 0 Å². The summed E-state index contributed by atoms with van der Waals surface area (Å²) in [6.45, 7) is 0. The second-order valence-electron chi connectivity index (χ2n) is 4.42. The van der Waals surface area contributed by atoms with E-state index >= 15 is 0 Å². The van der Waals surface area contributed by atoms with E-state index in [1.807, 2.05) is 42.5 Å². The van der Waals surface area contributed by atoms with Crippen LogP contribution in [-0.4, -0.2) is 24.2 Å². The van der Waals surface area contributed by atoms with Gasteiger partial charge < -0.3 is 9.47 Å². The molecule has 1 aromatic heterocycles. The number of hydrogen-bond donors (Lipinski definition) is 0. The third-order valence-electron chi connectivity index (χ3n) is 3.20. The summed E-state index contributed by atoms with van der Waals surface area (Å²) in [5.41, 5.74) is 1.63. The van der Waals surface area contributed by atoms with Crippen molar-refractivity contribution in [2.45, 2.75) is 0 Å². The zero-order valence-corrected chi connectivity index (χ0v) is 12.4. The average molecular weight is 301 g/mol. The third kappa shape index (κ3) is 2.50. The average Bonchev–Trinajstić information content (AvgIpc) is 2.54. The highest BCUT2D eigenvalue weighted by molar-refractivity contribution is 6.34. The molecule has 0 atom stereocenters. The maximum Gasteiger partial charge on any atom is 0.161 e. The minimum Gasteiger partial charge on any atom is -0.493 e. The van der Waals surface area contributed by atoms with Crippen LogP contribution in [-0.2, 0) is 0 Å². The summed E-state index contributed by atoms with van der Waals surface area (Å²) in [6.07, 6.45) is 0. The molecule has 5 heteroatoms. The first-order valence-corrected chi connectivity index (χ1v) is 6.75. The van der Waals surface area contributed by atoms with Crippen LogP contribution in [0, 0.1) is 0 Å². The van der Waals surface area contributed by atoms with Crippen LogP contribution >= 0.6 is 11.6 Å². The van der Waals surface area contributed by atoms with Crippen molar-refractivity contribution >= 4 is 22.5 Å². The Morgan fingerprint density at radius 2 is 1.67 bits per heavy atom. The Balaban J connectivity index is 2.16. The molecule has 4 nitrogen and oxygen atoms in total. The van der Waals surface area contributed by atoms with Gasteiger partial charge in [-0.15, -0.1) is 0 Å². The fourth-order valence-corrected chi connectivity index (χ4v) is 2.38. The van der Waals surface area contributed by atoms with Crippen molar-refractivity contribution in [1.29, 1.82) is 0 Å². The lowest BCUT2D eigenvalue weighted by Crippen LogP contribution is -1.94. The first-order chi connectivity index (χ1) is 10.2. The van der Waals surface area contributed by atoms with Crippen molar-refractivity contribution in [2.75, 3.05) is 14.2 Å². The SMILES string of the molecule is COc1ccc(-c2nc(Cl)c3ccccc3n2)cc1OC. The van der Waals surface area contributed by atoms with Crippen LogP contribution in [0.25, 0.3) is 22.3 Å². The largest absolute Gasteiger partial charge is 0.493 e. The summed E-state index contributed by atoms with van der Waals surface area (Å²) in [5.74, 6) is 1.84. The lowest BCUT2D eigenvalue weighted by atomic mass is 10.1. The minimum absolute atomic E-state index is 0.436. The quantitative estimate of drug-likeness (QED) is 0.687. The fourth-order valence-electron chi connectivity index (χ4n) is 2.14. The molecule has 0 spiro atoms. The van der Waals surface area contributed by atoms with E-state index in [1.165, 1.54) is 0 Å². The molecule has 0 aliphatic carbocycles. The maximum atomic E-state index is 6.24. The molecule has 0 bridgehead atoms. The Bertz CT molecular complexity index is 805. The Kier molecular flexibility index (Phi) is 3.62. The molecule has 3 rings (SSSR count). The van der Waals surface area contributed by atoms with Crippen molar-refractivity contribution in [2.24, 2.45) is 0 Å². The lowest BCUT2D eigenvalue weighted by molar-refractivity contribution is 0.355. The second-order valence-corrected chi connectivity index (χ2v) is 4.78. The van der Waals surface area contributed by atoms with Gasteiger partial charge in [-0.25, -0.2) is 9.97 Å². The van der Waals surface area contributed by atoms with Gasteiger partial charge in [-0.1, -0.05) is 23.7 Å². The molecule has 1 heterocycles. The highest BCUT2D eigenvalue weighted by Crippen LogP contribution is 2.32. The summed E-state index contributed by atoms with van der Waals surface area (Å²) in [7, 11) is 3.19. The molecule has 0 fully saturated rings. The molecule has 0 unspecified atom stereocenters. The van der Waals surface area contributed by atoms with Gasteiger partial charge in [0.1, 0.15) is 5.15 Å². The van der Waals surface area contributed by atoms with Crippen molar-refractivity contribution < 1.29 is 9.47 Å². The molecule has 0 amide bonds. The number of rotatable bonds is 3. The molecule has 0 saturated heterocycles. The Hall–Kier alpha value is -2.33. The molecule has 2 aromatic carbocycles. The van der Waals surface area contributed by atoms with Gasteiger partial charge in [0.05, 0.1) is 19.7 Å². The van der Waals surface area contributed by atoms with E-state index in [9.17, 15) is 0 Å². The molecule has 106 valence electrons. The number of nitrogens with zero attached hydrogens (tertiary/aromatic N) is 2. The highest BCUT2D eigenvalue weighted by Gasteiger charge is 2.11. The number of aromatic nitrogens is 2. The molecule has 0 N–H and O–H groups in total. The maximum absolute atomic E-state index is 6.24. The van der Waals surface area contributed by atoms with Crippen LogP contribution in [0.2, 0.25) is 5.15 Å². The minimum atomic E-state index is 0.436. The van der Waals surface area contributed by atoms with Crippen LogP contribution in [0.3, 0.4) is 0 Å². The number of para-hydroxylation sites is 1. The Morgan fingerprint density at radius 3 is 2.43 bits per heavy atom. The number of methoxy groups -OCH3 is 2. The molecule has 21 heavy (non-hydrogen) atoms. The number of halogens is 1. The van der Waals surface area contributed by atoms with Crippen molar-refractivity contribution in [1.82, 2.24) is 9.97 Å². The van der Waals surface area contributed by atoms with Gasteiger partial charge in [-0.05, 0) is 30.3 Å². The standard InChI is InChI=1S/C16H13ClN2O2/c1-20-13-8-7-10(9-14(13)21-2)16-18-12-6-4-3-5-11(12)15(17)19-16/h3-9H,1-2H3. The van der Waals surface area contributed by atoms with Crippen molar-refractivity contribution in [3.05, 3.63) is 47.6 Å². The van der Waals surface area contributed by atoms with Gasteiger partial charge in [0, 0.05) is 10.9 Å². The van der Waals surface area contributed by atoms with E-state index in [1.54, 1.807) is 14.2 Å². The van der Waals surface area contributed by atoms with E-state index < -0.39 is 0 Å². The first kappa shape index (κ1) is 13.6. The van der Waals surface area contributed by atoms with Crippen molar-refractivity contribution in [3.8, 4) is 22.9 Å².